The second-order valence-electron chi connectivity index (χ2n) is 5.61. The van der Waals surface area contributed by atoms with Gasteiger partial charge in [-0.25, -0.2) is 4.79 Å². The van der Waals surface area contributed by atoms with Crippen molar-refractivity contribution in [3.8, 4) is 5.19 Å². The van der Waals surface area contributed by atoms with Crippen molar-refractivity contribution in [1.82, 2.24) is 9.88 Å². The molecular weight excluding hydrogens is 316 g/mol. The number of amides is 1. The number of carbonyl (C=O) groups is 2. The van der Waals surface area contributed by atoms with Gasteiger partial charge >= 0.3 is 6.09 Å². The Morgan fingerprint density at radius 1 is 1.38 bits per heavy atom. The summed E-state index contributed by atoms with van der Waals surface area (Å²) < 4.78 is 10.3. The number of rotatable bonds is 4. The Kier molecular flexibility index (Phi) is 5.22. The molecule has 1 amide bonds. The quantitative estimate of drug-likeness (QED) is 0.791. The molecule has 0 aliphatic heterocycles. The molecule has 8 heteroatoms. The van der Waals surface area contributed by atoms with Crippen LogP contribution in [0.4, 0.5) is 4.79 Å². The maximum atomic E-state index is 12.2. The molecule has 0 saturated carbocycles. The minimum absolute atomic E-state index is 0.127. The first-order chi connectivity index (χ1) is 9.55. The van der Waals surface area contributed by atoms with Crippen LogP contribution < -0.4 is 4.74 Å². The van der Waals surface area contributed by atoms with Gasteiger partial charge in [-0.05, 0) is 27.7 Å². The van der Waals surface area contributed by atoms with Crippen molar-refractivity contribution in [2.45, 2.75) is 38.8 Å². The summed E-state index contributed by atoms with van der Waals surface area (Å²) in [6, 6.07) is 0. The van der Waals surface area contributed by atoms with Crippen molar-refractivity contribution in [1.29, 1.82) is 0 Å². The Morgan fingerprint density at radius 2 is 1.95 bits per heavy atom. The van der Waals surface area contributed by atoms with E-state index < -0.39 is 17.2 Å². The largest absolute Gasteiger partial charge is 0.473 e. The number of aldehydes is 1. The van der Waals surface area contributed by atoms with E-state index in [2.05, 4.69) is 4.98 Å². The highest BCUT2D eigenvalue weighted by Crippen LogP contribution is 2.39. The van der Waals surface area contributed by atoms with E-state index in [1.807, 2.05) is 0 Å². The molecule has 1 aromatic rings. The first kappa shape index (κ1) is 17.7. The molecule has 6 nitrogen and oxygen atoms in total. The van der Waals surface area contributed by atoms with Crippen LogP contribution in [0.3, 0.4) is 0 Å². The van der Waals surface area contributed by atoms with Crippen LogP contribution in [0.5, 0.6) is 5.19 Å². The number of halogens is 1. The number of aromatic nitrogens is 1. The summed E-state index contributed by atoms with van der Waals surface area (Å²) in [6.45, 7) is 6.82. The highest BCUT2D eigenvalue weighted by molar-refractivity contribution is 7.14. The van der Waals surface area contributed by atoms with E-state index in [9.17, 15) is 9.59 Å². The molecule has 0 aromatic carbocycles. The number of likely N-dealkylation sites (N-methyl/N-ethyl adjacent to an activating group) is 1. The van der Waals surface area contributed by atoms with Crippen LogP contribution in [0.1, 0.15) is 32.6 Å². The minimum atomic E-state index is -1.28. The van der Waals surface area contributed by atoms with E-state index in [-0.39, 0.29) is 5.15 Å². The van der Waals surface area contributed by atoms with Gasteiger partial charge in [0.1, 0.15) is 16.3 Å². The van der Waals surface area contributed by atoms with E-state index in [1.165, 1.54) is 19.1 Å². The van der Waals surface area contributed by atoms with Gasteiger partial charge in [-0.2, -0.15) is 4.98 Å². The van der Waals surface area contributed by atoms with E-state index >= 15 is 0 Å². The maximum absolute atomic E-state index is 12.2. The Hall–Kier alpha value is -1.34. The van der Waals surface area contributed by atoms with Gasteiger partial charge in [-0.1, -0.05) is 22.9 Å². The molecule has 0 bridgehead atoms. The van der Waals surface area contributed by atoms with Gasteiger partial charge in [-0.3, -0.25) is 4.90 Å². The minimum Gasteiger partial charge on any atom is -0.473 e. The van der Waals surface area contributed by atoms with Crippen LogP contribution in [-0.2, 0) is 15.1 Å². The molecule has 1 heterocycles. The van der Waals surface area contributed by atoms with E-state index in [0.717, 1.165) is 11.3 Å². The van der Waals surface area contributed by atoms with E-state index in [1.54, 1.807) is 27.7 Å². The number of hydrogen-bond acceptors (Lipinski definition) is 6. The third-order valence-electron chi connectivity index (χ3n) is 2.79. The number of hydrogen-bond donors (Lipinski definition) is 0. The van der Waals surface area contributed by atoms with Crippen molar-refractivity contribution >= 4 is 35.3 Å². The monoisotopic (exact) mass is 334 g/mol. The molecule has 21 heavy (non-hydrogen) atoms. The van der Waals surface area contributed by atoms with Gasteiger partial charge in [0, 0.05) is 7.05 Å². The lowest BCUT2D eigenvalue weighted by Crippen LogP contribution is -2.47. The molecule has 0 aliphatic rings. The average Bonchev–Trinajstić information content (AvgIpc) is 2.76. The lowest BCUT2D eigenvalue weighted by molar-refractivity contribution is -0.117. The highest BCUT2D eigenvalue weighted by Gasteiger charge is 2.40. The summed E-state index contributed by atoms with van der Waals surface area (Å²) in [6.07, 6.45) is 0.0102. The maximum Gasteiger partial charge on any atom is 0.411 e. The van der Waals surface area contributed by atoms with Crippen LogP contribution in [0, 0.1) is 0 Å². The van der Waals surface area contributed by atoms with Crippen molar-refractivity contribution in [3.63, 3.8) is 0 Å². The molecular formula is C13H19ClN2O4S. The molecule has 1 unspecified atom stereocenters. The van der Waals surface area contributed by atoms with E-state index in [4.69, 9.17) is 21.1 Å². The van der Waals surface area contributed by atoms with Gasteiger partial charge in [-0.15, -0.1) is 0 Å². The third-order valence-corrected chi connectivity index (χ3v) is 4.42. The van der Waals surface area contributed by atoms with Crippen molar-refractivity contribution < 1.29 is 19.1 Å². The fraction of sp³-hybridized carbons (Fsp3) is 0.615. The molecule has 1 atom stereocenters. The SMILES string of the molecule is COc1nc(Cl)c(C(C)(C=O)N(C)C(=O)OC(C)(C)C)s1. The summed E-state index contributed by atoms with van der Waals surface area (Å²) in [4.78, 5) is 29.4. The first-order valence-electron chi connectivity index (χ1n) is 6.19. The van der Waals surface area contributed by atoms with Gasteiger partial charge in [0.25, 0.3) is 5.19 Å². The van der Waals surface area contributed by atoms with Gasteiger partial charge in [0.15, 0.2) is 6.29 Å². The third kappa shape index (κ3) is 3.85. The van der Waals surface area contributed by atoms with Crippen molar-refractivity contribution in [2.24, 2.45) is 0 Å². The molecule has 0 saturated heterocycles. The van der Waals surface area contributed by atoms with Crippen LogP contribution in [-0.4, -0.2) is 42.0 Å². The van der Waals surface area contributed by atoms with Crippen molar-refractivity contribution in [2.75, 3.05) is 14.2 Å². The van der Waals surface area contributed by atoms with Gasteiger partial charge in [0.05, 0.1) is 12.0 Å². The zero-order chi connectivity index (χ0) is 16.4. The number of ether oxygens (including phenoxy) is 2. The van der Waals surface area contributed by atoms with E-state index in [0.29, 0.717) is 16.4 Å². The Bertz CT molecular complexity index is 541. The topological polar surface area (TPSA) is 68.7 Å². The van der Waals surface area contributed by atoms with Crippen molar-refractivity contribution in [3.05, 3.63) is 10.0 Å². The predicted octanol–water partition coefficient (Wildman–Crippen LogP) is 3.09. The molecule has 118 valence electrons. The lowest BCUT2D eigenvalue weighted by Gasteiger charge is -2.34. The van der Waals surface area contributed by atoms with Gasteiger partial charge in [0.2, 0.25) is 0 Å². The van der Waals surface area contributed by atoms with Gasteiger partial charge < -0.3 is 14.3 Å². The summed E-state index contributed by atoms with van der Waals surface area (Å²) in [5.41, 5.74) is -1.95. The zero-order valence-corrected chi connectivity index (χ0v) is 14.5. The molecule has 0 radical (unpaired) electrons. The zero-order valence-electron chi connectivity index (χ0n) is 12.9. The standard InChI is InChI=1S/C13H19ClN2O4S/c1-12(2,3)20-11(18)16(5)13(4,7-17)8-9(14)15-10(19-6)21-8/h7H,1-6H3. The Balaban J connectivity index is 3.16. The van der Waals surface area contributed by atoms with Crippen LogP contribution >= 0.6 is 22.9 Å². The number of methoxy groups -OCH3 is 1. The summed E-state index contributed by atoms with van der Waals surface area (Å²) in [5, 5.41) is 0.447. The lowest BCUT2D eigenvalue weighted by atomic mass is 10.0. The number of carbonyl (C=O) groups excluding carboxylic acids is 2. The predicted molar refractivity (Wildman–Crippen MR) is 81.1 cm³/mol. The normalized spacial score (nSPS) is 14.2. The Labute approximate surface area is 133 Å². The molecule has 0 aliphatic carbocycles. The van der Waals surface area contributed by atoms with Crippen LogP contribution in [0.15, 0.2) is 0 Å². The van der Waals surface area contributed by atoms with Crippen LogP contribution in [0.2, 0.25) is 5.15 Å². The second kappa shape index (κ2) is 6.19. The second-order valence-corrected chi connectivity index (χ2v) is 6.93. The smallest absolute Gasteiger partial charge is 0.411 e. The molecule has 0 spiro atoms. The summed E-state index contributed by atoms with van der Waals surface area (Å²) in [7, 11) is 2.93. The first-order valence-corrected chi connectivity index (χ1v) is 7.38. The summed E-state index contributed by atoms with van der Waals surface area (Å²) >= 11 is 7.16. The van der Waals surface area contributed by atoms with Crippen LogP contribution in [0.25, 0.3) is 0 Å². The molecule has 0 N–H and O–H groups in total. The summed E-state index contributed by atoms with van der Waals surface area (Å²) in [5.74, 6) is 0. The number of thiazole rings is 1. The fourth-order valence-corrected chi connectivity index (χ4v) is 2.84. The number of nitrogens with zero attached hydrogens (tertiary/aromatic N) is 2. The molecule has 0 fully saturated rings. The fourth-order valence-electron chi connectivity index (χ4n) is 1.49. The molecule has 1 rings (SSSR count). The highest BCUT2D eigenvalue weighted by atomic mass is 35.5. The molecule has 1 aromatic heterocycles. The Morgan fingerprint density at radius 3 is 2.33 bits per heavy atom. The average molecular weight is 335 g/mol.